The number of benzene rings is 3. The molecule has 192 valence electrons. The number of imide groups is 1. The lowest BCUT2D eigenvalue weighted by Crippen LogP contribution is -2.60. The van der Waals surface area contributed by atoms with Crippen LogP contribution in [0.4, 0.5) is 10.5 Å². The van der Waals surface area contributed by atoms with Gasteiger partial charge in [0.1, 0.15) is 17.1 Å². The molecule has 1 aliphatic heterocycles. The highest BCUT2D eigenvalue weighted by Gasteiger charge is 2.59. The molecule has 9 nitrogen and oxygen atoms in total. The highest BCUT2D eigenvalue weighted by atomic mass is 16.6. The first-order chi connectivity index (χ1) is 17.4. The summed E-state index contributed by atoms with van der Waals surface area (Å²) in [5.41, 5.74) is -1.08. The average Bonchev–Trinajstić information content (AvgIpc) is 3.06. The minimum atomic E-state index is -1.64. The quantitative estimate of drug-likeness (QED) is 0.394. The van der Waals surface area contributed by atoms with E-state index in [4.69, 9.17) is 4.74 Å². The van der Waals surface area contributed by atoms with Crippen molar-refractivity contribution >= 4 is 34.4 Å². The minimum absolute atomic E-state index is 0.0162. The number of hydrogen-bond donors (Lipinski definition) is 1. The van der Waals surface area contributed by atoms with Crippen LogP contribution >= 0.6 is 0 Å². The molecule has 0 aliphatic carbocycles. The fourth-order valence-corrected chi connectivity index (χ4v) is 5.06. The van der Waals surface area contributed by atoms with Crippen molar-refractivity contribution in [3.63, 3.8) is 0 Å². The summed E-state index contributed by atoms with van der Waals surface area (Å²) in [7, 11) is 0. The van der Waals surface area contributed by atoms with Crippen LogP contribution in [0.1, 0.15) is 38.8 Å². The summed E-state index contributed by atoms with van der Waals surface area (Å²) in [5, 5.41) is 16.3. The smallest absolute Gasteiger partial charge is 0.421 e. The molecule has 4 rings (SSSR count). The number of amides is 3. The topological polar surface area (TPSA) is 119 Å². The molecule has 9 heteroatoms. The van der Waals surface area contributed by atoms with Gasteiger partial charge >= 0.3 is 6.09 Å². The molecule has 1 N–H and O–H groups in total. The van der Waals surface area contributed by atoms with Crippen LogP contribution in [0.25, 0.3) is 10.8 Å². The predicted molar refractivity (Wildman–Crippen MR) is 139 cm³/mol. The van der Waals surface area contributed by atoms with Gasteiger partial charge in [0.05, 0.1) is 5.69 Å². The molecule has 0 unspecified atom stereocenters. The molecule has 2 atom stereocenters. The molecule has 0 fully saturated rings. The number of hydrogen-bond acceptors (Lipinski definition) is 6. The summed E-state index contributed by atoms with van der Waals surface area (Å²) in [4.78, 5) is 52.2. The van der Waals surface area contributed by atoms with E-state index in [1.807, 2.05) is 42.5 Å². The van der Waals surface area contributed by atoms with Gasteiger partial charge in [-0.15, -0.1) is 0 Å². The highest BCUT2D eigenvalue weighted by Crippen LogP contribution is 2.47. The zero-order valence-corrected chi connectivity index (χ0v) is 21.2. The lowest BCUT2D eigenvalue weighted by Gasteiger charge is -2.35. The maximum atomic E-state index is 14.4. The Kier molecular flexibility index (Phi) is 6.73. The lowest BCUT2D eigenvalue weighted by molar-refractivity contribution is -0.484. The zero-order valence-electron chi connectivity index (χ0n) is 21.2. The maximum Gasteiger partial charge on any atom is 0.421 e. The van der Waals surface area contributed by atoms with Crippen molar-refractivity contribution in [2.75, 3.05) is 11.4 Å². The van der Waals surface area contributed by atoms with Crippen LogP contribution in [0.3, 0.4) is 0 Å². The SMILES string of the molecule is CC(=O)N[C@H](C[N+](=O)[O-])[C@]1(Cc2cccc3ccccc23)C(=O)N(C(=O)OC(C)(C)C)c2ccccc21. The first-order valence-electron chi connectivity index (χ1n) is 12.0. The van der Waals surface area contributed by atoms with E-state index in [9.17, 15) is 24.5 Å². The Morgan fingerprint density at radius 3 is 2.38 bits per heavy atom. The zero-order chi connectivity index (χ0) is 27.0. The molecule has 0 spiro atoms. The van der Waals surface area contributed by atoms with E-state index in [2.05, 4.69) is 5.32 Å². The molecule has 3 amide bonds. The van der Waals surface area contributed by atoms with Crippen LogP contribution in [-0.2, 0) is 26.2 Å². The highest BCUT2D eigenvalue weighted by molar-refractivity contribution is 6.22. The molecule has 0 aromatic heterocycles. The van der Waals surface area contributed by atoms with Gasteiger partial charge in [-0.1, -0.05) is 60.7 Å². The molecule has 1 heterocycles. The van der Waals surface area contributed by atoms with Gasteiger partial charge in [-0.05, 0) is 55.2 Å². The van der Waals surface area contributed by atoms with Crippen molar-refractivity contribution in [3.8, 4) is 0 Å². The molecule has 0 saturated heterocycles. The second kappa shape index (κ2) is 9.65. The van der Waals surface area contributed by atoms with Crippen molar-refractivity contribution in [2.24, 2.45) is 0 Å². The van der Waals surface area contributed by atoms with E-state index in [0.29, 0.717) is 5.56 Å². The second-order valence-electron chi connectivity index (χ2n) is 10.2. The Hall–Kier alpha value is -4.27. The predicted octanol–water partition coefficient (Wildman–Crippen LogP) is 4.38. The average molecular weight is 504 g/mol. The van der Waals surface area contributed by atoms with Crippen LogP contribution in [0.15, 0.2) is 66.7 Å². The molecule has 37 heavy (non-hydrogen) atoms. The lowest BCUT2D eigenvalue weighted by atomic mass is 9.70. The third-order valence-electron chi connectivity index (χ3n) is 6.44. The second-order valence-corrected chi connectivity index (χ2v) is 10.2. The van der Waals surface area contributed by atoms with Crippen LogP contribution in [-0.4, -0.2) is 41.0 Å². The number of carbonyl (C=O) groups is 3. The van der Waals surface area contributed by atoms with Crippen LogP contribution < -0.4 is 10.2 Å². The van der Waals surface area contributed by atoms with Crippen molar-refractivity contribution in [3.05, 3.63) is 88.0 Å². The number of para-hydroxylation sites is 1. The van der Waals surface area contributed by atoms with Gasteiger partial charge in [0.25, 0.3) is 0 Å². The van der Waals surface area contributed by atoms with Gasteiger partial charge in [0.15, 0.2) is 0 Å². The van der Waals surface area contributed by atoms with E-state index in [0.717, 1.165) is 21.2 Å². The molecule has 3 aromatic rings. The Labute approximate surface area is 214 Å². The normalized spacial score (nSPS) is 17.8. The summed E-state index contributed by atoms with van der Waals surface area (Å²) < 4.78 is 5.55. The largest absolute Gasteiger partial charge is 0.443 e. The Morgan fingerprint density at radius 1 is 1.05 bits per heavy atom. The fourth-order valence-electron chi connectivity index (χ4n) is 5.06. The Morgan fingerprint density at radius 2 is 1.70 bits per heavy atom. The van der Waals surface area contributed by atoms with Gasteiger partial charge in [0, 0.05) is 11.8 Å². The Bertz CT molecular complexity index is 1370. The van der Waals surface area contributed by atoms with Crippen molar-refractivity contribution < 1.29 is 24.0 Å². The molecular weight excluding hydrogens is 474 g/mol. The number of nitrogens with zero attached hydrogens (tertiary/aromatic N) is 2. The number of nitrogens with one attached hydrogen (secondary N) is 1. The number of ether oxygens (including phenoxy) is 1. The van der Waals surface area contributed by atoms with Crippen molar-refractivity contribution in [1.82, 2.24) is 5.32 Å². The molecule has 3 aromatic carbocycles. The molecule has 1 aliphatic rings. The van der Waals surface area contributed by atoms with Gasteiger partial charge < -0.3 is 10.1 Å². The summed E-state index contributed by atoms with van der Waals surface area (Å²) in [6, 6.07) is 18.7. The minimum Gasteiger partial charge on any atom is -0.443 e. The third-order valence-corrected chi connectivity index (χ3v) is 6.44. The van der Waals surface area contributed by atoms with Gasteiger partial charge in [-0.3, -0.25) is 19.7 Å². The van der Waals surface area contributed by atoms with E-state index >= 15 is 0 Å². The van der Waals surface area contributed by atoms with Gasteiger partial charge in [-0.2, -0.15) is 0 Å². The number of carbonyl (C=O) groups excluding carboxylic acids is 3. The number of anilines is 1. The molecule has 0 bridgehead atoms. The third kappa shape index (κ3) is 4.89. The summed E-state index contributed by atoms with van der Waals surface area (Å²) in [6.07, 6.45) is -0.866. The number of nitro groups is 1. The van der Waals surface area contributed by atoms with E-state index < -0.39 is 46.4 Å². The van der Waals surface area contributed by atoms with Crippen LogP contribution in [0.5, 0.6) is 0 Å². The van der Waals surface area contributed by atoms with E-state index in [-0.39, 0.29) is 12.1 Å². The first kappa shape index (κ1) is 25.8. The summed E-state index contributed by atoms with van der Waals surface area (Å²) in [6.45, 7) is 5.59. The van der Waals surface area contributed by atoms with Crippen molar-refractivity contribution in [2.45, 2.75) is 51.2 Å². The molecule has 0 saturated carbocycles. The monoisotopic (exact) mass is 503 g/mol. The van der Waals surface area contributed by atoms with Gasteiger partial charge in [0.2, 0.25) is 18.4 Å². The first-order valence-corrected chi connectivity index (χ1v) is 12.0. The van der Waals surface area contributed by atoms with E-state index in [1.165, 1.54) is 6.92 Å². The van der Waals surface area contributed by atoms with Crippen LogP contribution in [0, 0.1) is 10.1 Å². The van der Waals surface area contributed by atoms with E-state index in [1.54, 1.807) is 45.0 Å². The fraction of sp³-hybridized carbons (Fsp3) is 0.321. The summed E-state index contributed by atoms with van der Waals surface area (Å²) in [5.74, 6) is -1.21. The van der Waals surface area contributed by atoms with Crippen LogP contribution in [0.2, 0.25) is 0 Å². The number of rotatable bonds is 6. The standard InChI is InChI=1S/C28H29N3O6/c1-18(32)29-24(17-30(35)36)28(16-20-12-9-11-19-10-5-6-13-21(19)20)22-14-7-8-15-23(22)31(25(28)33)26(34)37-27(2,3)4/h5-15,24H,16-17H2,1-4H3,(H,29,32)/t24-,28-/m1/s1. The molecular formula is C28H29N3O6. The maximum absolute atomic E-state index is 14.4. The number of fused-ring (bicyclic) bond motifs is 2. The van der Waals surface area contributed by atoms with Gasteiger partial charge in [-0.25, -0.2) is 9.69 Å². The Balaban J connectivity index is 1.98. The summed E-state index contributed by atoms with van der Waals surface area (Å²) >= 11 is 0. The molecule has 0 radical (unpaired) electrons. The van der Waals surface area contributed by atoms with Crippen molar-refractivity contribution in [1.29, 1.82) is 0 Å².